The monoisotopic (exact) mass is 273 g/mol. The van der Waals surface area contributed by atoms with Gasteiger partial charge in [0.1, 0.15) is 0 Å². The van der Waals surface area contributed by atoms with E-state index in [1.807, 2.05) is 24.0 Å². The summed E-state index contributed by atoms with van der Waals surface area (Å²) < 4.78 is 0. The van der Waals surface area contributed by atoms with E-state index >= 15 is 0 Å². The normalized spacial score (nSPS) is 26.6. The molecule has 2 N–H and O–H groups in total. The number of nitrogens with zero attached hydrogens (tertiary/aromatic N) is 1. The maximum atomic E-state index is 12.7. The van der Waals surface area contributed by atoms with E-state index in [-0.39, 0.29) is 18.0 Å². The molecule has 0 saturated carbocycles. The minimum atomic E-state index is -0.131. The van der Waals surface area contributed by atoms with Crippen LogP contribution < -0.4 is 15.5 Å². The van der Waals surface area contributed by atoms with Crippen molar-refractivity contribution in [3.63, 3.8) is 0 Å². The number of nitrogens with one attached hydrogen (secondary N) is 2. The van der Waals surface area contributed by atoms with Crippen LogP contribution in [0.25, 0.3) is 0 Å². The Labute approximate surface area is 120 Å². The number of benzene rings is 1. The molecular weight excluding hydrogens is 250 g/mol. The van der Waals surface area contributed by atoms with Crippen LogP contribution in [0.1, 0.15) is 25.8 Å². The highest BCUT2D eigenvalue weighted by Crippen LogP contribution is 2.32. The number of anilines is 1. The smallest absolute Gasteiger partial charge is 0.244 e. The van der Waals surface area contributed by atoms with E-state index in [2.05, 4.69) is 29.7 Å². The Balaban J connectivity index is 1.73. The van der Waals surface area contributed by atoms with E-state index in [4.69, 9.17) is 0 Å². The third-order valence-electron chi connectivity index (χ3n) is 4.36. The van der Waals surface area contributed by atoms with Gasteiger partial charge in [0.25, 0.3) is 0 Å². The fourth-order valence-corrected chi connectivity index (χ4v) is 3.33. The molecule has 1 aromatic carbocycles. The second kappa shape index (κ2) is 5.54. The van der Waals surface area contributed by atoms with Crippen LogP contribution in [-0.4, -0.2) is 37.1 Å². The number of carbonyl (C=O) groups is 1. The molecule has 2 aliphatic rings. The van der Waals surface area contributed by atoms with E-state index in [0.717, 1.165) is 31.6 Å². The van der Waals surface area contributed by atoms with Crippen molar-refractivity contribution in [1.82, 2.24) is 10.6 Å². The third kappa shape index (κ3) is 2.45. The van der Waals surface area contributed by atoms with Crippen molar-refractivity contribution in [2.24, 2.45) is 0 Å². The Morgan fingerprint density at radius 3 is 3.00 bits per heavy atom. The fourth-order valence-electron chi connectivity index (χ4n) is 3.33. The van der Waals surface area contributed by atoms with Gasteiger partial charge in [-0.2, -0.15) is 0 Å². The summed E-state index contributed by atoms with van der Waals surface area (Å²) >= 11 is 0. The number of para-hydroxylation sites is 1. The van der Waals surface area contributed by atoms with Gasteiger partial charge < -0.3 is 15.5 Å². The van der Waals surface area contributed by atoms with Crippen LogP contribution in [0.3, 0.4) is 0 Å². The van der Waals surface area contributed by atoms with Crippen molar-refractivity contribution < 1.29 is 4.79 Å². The Hall–Kier alpha value is -1.39. The maximum absolute atomic E-state index is 12.7. The summed E-state index contributed by atoms with van der Waals surface area (Å²) in [4.78, 5) is 14.7. The quantitative estimate of drug-likeness (QED) is 0.872. The number of amides is 1. The van der Waals surface area contributed by atoms with Crippen LogP contribution in [0.4, 0.5) is 5.69 Å². The lowest BCUT2D eigenvalue weighted by Gasteiger charge is -2.28. The molecule has 2 heterocycles. The summed E-state index contributed by atoms with van der Waals surface area (Å²) in [5, 5.41) is 6.78. The lowest BCUT2D eigenvalue weighted by molar-refractivity contribution is -0.120. The molecule has 1 amide bonds. The zero-order valence-corrected chi connectivity index (χ0v) is 12.2. The Kier molecular flexibility index (Phi) is 3.76. The molecule has 3 atom stereocenters. The minimum Gasteiger partial charge on any atom is -0.315 e. The first-order valence-corrected chi connectivity index (χ1v) is 7.54. The maximum Gasteiger partial charge on any atom is 0.244 e. The molecule has 4 heteroatoms. The first-order valence-electron chi connectivity index (χ1n) is 7.54. The van der Waals surface area contributed by atoms with Gasteiger partial charge in [-0.05, 0) is 44.9 Å². The van der Waals surface area contributed by atoms with Crippen molar-refractivity contribution in [2.45, 2.75) is 44.8 Å². The second-order valence-corrected chi connectivity index (χ2v) is 5.97. The van der Waals surface area contributed by atoms with E-state index in [1.165, 1.54) is 5.56 Å². The van der Waals surface area contributed by atoms with Gasteiger partial charge in [-0.25, -0.2) is 0 Å². The van der Waals surface area contributed by atoms with Gasteiger partial charge in [0.05, 0.1) is 6.04 Å². The van der Waals surface area contributed by atoms with E-state index in [0.29, 0.717) is 6.04 Å². The zero-order chi connectivity index (χ0) is 14.1. The van der Waals surface area contributed by atoms with Gasteiger partial charge in [-0.15, -0.1) is 0 Å². The van der Waals surface area contributed by atoms with Crippen LogP contribution >= 0.6 is 0 Å². The standard InChI is InChI=1S/C16H23N3O/c1-11-9-13-5-3-4-6-15(13)19(11)16(20)12(2)18-14-7-8-17-10-14/h3-6,11-12,14,17-18H,7-10H2,1-2H3. The molecule has 2 aliphatic heterocycles. The molecule has 0 radical (unpaired) electrons. The number of hydrogen-bond donors (Lipinski definition) is 2. The molecule has 0 spiro atoms. The third-order valence-corrected chi connectivity index (χ3v) is 4.36. The minimum absolute atomic E-state index is 0.131. The topological polar surface area (TPSA) is 44.4 Å². The number of fused-ring (bicyclic) bond motifs is 1. The van der Waals surface area contributed by atoms with Gasteiger partial charge in [0, 0.05) is 24.3 Å². The molecular formula is C16H23N3O. The van der Waals surface area contributed by atoms with Gasteiger partial charge in [-0.1, -0.05) is 18.2 Å². The summed E-state index contributed by atoms with van der Waals surface area (Å²) in [7, 11) is 0. The largest absolute Gasteiger partial charge is 0.315 e. The van der Waals surface area contributed by atoms with Crippen LogP contribution in [-0.2, 0) is 11.2 Å². The molecule has 108 valence electrons. The molecule has 1 fully saturated rings. The van der Waals surface area contributed by atoms with Crippen LogP contribution in [0.15, 0.2) is 24.3 Å². The first-order chi connectivity index (χ1) is 9.66. The first kappa shape index (κ1) is 13.6. The number of carbonyl (C=O) groups excluding carboxylic acids is 1. The van der Waals surface area contributed by atoms with Crippen LogP contribution in [0.5, 0.6) is 0 Å². The molecule has 0 aliphatic carbocycles. The highest BCUT2D eigenvalue weighted by atomic mass is 16.2. The fraction of sp³-hybridized carbons (Fsp3) is 0.562. The Morgan fingerprint density at radius 2 is 2.25 bits per heavy atom. The van der Waals surface area contributed by atoms with Crippen molar-refractivity contribution in [1.29, 1.82) is 0 Å². The van der Waals surface area contributed by atoms with Crippen molar-refractivity contribution in [3.05, 3.63) is 29.8 Å². The summed E-state index contributed by atoms with van der Waals surface area (Å²) in [5.74, 6) is 0.189. The predicted octanol–water partition coefficient (Wildman–Crippen LogP) is 1.30. The summed E-state index contributed by atoms with van der Waals surface area (Å²) in [6.45, 7) is 6.11. The number of rotatable bonds is 3. The molecule has 3 unspecified atom stereocenters. The van der Waals surface area contributed by atoms with Crippen molar-refractivity contribution in [2.75, 3.05) is 18.0 Å². The molecule has 20 heavy (non-hydrogen) atoms. The van der Waals surface area contributed by atoms with E-state index in [9.17, 15) is 4.79 Å². The van der Waals surface area contributed by atoms with Gasteiger partial charge in [-0.3, -0.25) is 4.79 Å². The molecule has 1 aromatic rings. The summed E-state index contributed by atoms with van der Waals surface area (Å²) in [6, 6.07) is 8.78. The molecule has 0 bridgehead atoms. The predicted molar refractivity (Wildman–Crippen MR) is 81.0 cm³/mol. The average Bonchev–Trinajstić information content (AvgIpc) is 3.04. The average molecular weight is 273 g/mol. The second-order valence-electron chi connectivity index (χ2n) is 5.97. The summed E-state index contributed by atoms with van der Waals surface area (Å²) in [6.07, 6.45) is 2.06. The molecule has 3 rings (SSSR count). The van der Waals surface area contributed by atoms with Crippen LogP contribution in [0.2, 0.25) is 0 Å². The molecule has 1 saturated heterocycles. The van der Waals surface area contributed by atoms with Crippen molar-refractivity contribution in [3.8, 4) is 0 Å². The Morgan fingerprint density at radius 1 is 1.45 bits per heavy atom. The highest BCUT2D eigenvalue weighted by Gasteiger charge is 2.33. The van der Waals surface area contributed by atoms with Gasteiger partial charge >= 0.3 is 0 Å². The summed E-state index contributed by atoms with van der Waals surface area (Å²) in [5.41, 5.74) is 2.37. The molecule has 0 aromatic heterocycles. The zero-order valence-electron chi connectivity index (χ0n) is 12.2. The Bertz CT molecular complexity index is 496. The lowest BCUT2D eigenvalue weighted by atomic mass is 10.1. The van der Waals surface area contributed by atoms with E-state index < -0.39 is 0 Å². The molecule has 4 nitrogen and oxygen atoms in total. The van der Waals surface area contributed by atoms with E-state index in [1.54, 1.807) is 0 Å². The van der Waals surface area contributed by atoms with Crippen molar-refractivity contribution >= 4 is 11.6 Å². The SMILES string of the molecule is CC(NC1CCNC1)C(=O)N1c2ccccc2CC1C. The van der Waals surface area contributed by atoms with Gasteiger partial charge in [0.15, 0.2) is 0 Å². The number of hydrogen-bond acceptors (Lipinski definition) is 3. The van der Waals surface area contributed by atoms with Crippen LogP contribution in [0, 0.1) is 0 Å². The van der Waals surface area contributed by atoms with Gasteiger partial charge in [0.2, 0.25) is 5.91 Å². The lowest BCUT2D eigenvalue weighted by Crippen LogP contribution is -2.50. The highest BCUT2D eigenvalue weighted by molar-refractivity contribution is 5.99.